The second-order valence-electron chi connectivity index (χ2n) is 5.64. The Bertz CT molecular complexity index is 525. The van der Waals surface area contributed by atoms with Crippen molar-refractivity contribution in [3.05, 3.63) is 11.6 Å². The zero-order chi connectivity index (χ0) is 16.5. The summed E-state index contributed by atoms with van der Waals surface area (Å²) >= 11 is 0. The smallest absolute Gasteiger partial charge is 0.379 e. The monoisotopic (exact) mass is 318 g/mol. The van der Waals surface area contributed by atoms with Crippen LogP contribution in [0.1, 0.15) is 20.3 Å². The van der Waals surface area contributed by atoms with E-state index in [1.54, 1.807) is 0 Å². The number of carbonyl (C=O) groups excluding carboxylic acids is 1. The number of carbonyl (C=O) groups is 1. The maximum Gasteiger partial charge on any atom is 0.379 e. The normalized spacial score (nSPS) is 35.9. The second-order valence-corrected chi connectivity index (χ2v) is 5.64. The topological polar surface area (TPSA) is 46.5 Å². The molecule has 2 aliphatic rings. The van der Waals surface area contributed by atoms with Crippen molar-refractivity contribution in [2.24, 2.45) is 0 Å². The molecule has 0 aromatic carbocycles. The Kier molecular flexibility index (Phi) is 3.11. The predicted molar refractivity (Wildman–Crippen MR) is 57.5 cm³/mol. The molecule has 1 aliphatic carbocycles. The number of aliphatic hydroxyl groups excluding tert-OH is 1. The minimum Gasteiger partial charge on any atom is -0.392 e. The van der Waals surface area contributed by atoms with Gasteiger partial charge in [-0.15, -0.1) is 0 Å². The lowest BCUT2D eigenvalue weighted by Crippen LogP contribution is -2.69. The van der Waals surface area contributed by atoms with Crippen molar-refractivity contribution in [1.29, 1.82) is 0 Å². The van der Waals surface area contributed by atoms with Crippen LogP contribution in [-0.4, -0.2) is 46.5 Å². The predicted octanol–water partition coefficient (Wildman–Crippen LogP) is 2.33. The Morgan fingerprint density at radius 1 is 1.14 bits per heavy atom. The van der Waals surface area contributed by atoms with Crippen LogP contribution in [0, 0.1) is 0 Å². The van der Waals surface area contributed by atoms with E-state index in [0.29, 0.717) is 0 Å². The second kappa shape index (κ2) is 4.01. The summed E-state index contributed by atoms with van der Waals surface area (Å²) in [5.41, 5.74) is -6.24. The van der Waals surface area contributed by atoms with Gasteiger partial charge in [-0.25, -0.2) is 0 Å². The number of hydrogen-bond acceptors (Lipinski definition) is 3. The highest BCUT2D eigenvalue weighted by molar-refractivity contribution is 5.90. The average Bonchev–Trinajstić information content (AvgIpc) is 2.56. The van der Waals surface area contributed by atoms with Gasteiger partial charge in [0, 0.05) is 6.42 Å². The third kappa shape index (κ3) is 1.73. The highest BCUT2D eigenvalue weighted by atomic mass is 19.3. The van der Waals surface area contributed by atoms with Crippen LogP contribution in [-0.2, 0) is 9.53 Å². The van der Waals surface area contributed by atoms with Crippen LogP contribution in [0.4, 0.5) is 26.3 Å². The van der Waals surface area contributed by atoms with E-state index >= 15 is 0 Å². The molecule has 21 heavy (non-hydrogen) atoms. The Hall–Kier alpha value is -1.09. The van der Waals surface area contributed by atoms with Gasteiger partial charge in [0.2, 0.25) is 0 Å². The van der Waals surface area contributed by atoms with E-state index in [0.717, 1.165) is 13.8 Å². The number of allylic oxidation sites excluding steroid dienone is 1. The quantitative estimate of drug-likeness (QED) is 0.596. The number of alkyl halides is 6. The van der Waals surface area contributed by atoms with E-state index in [1.807, 2.05) is 0 Å². The van der Waals surface area contributed by atoms with E-state index in [9.17, 15) is 31.1 Å². The number of rotatable bonds is 1. The standard InChI is InChI=1S/C12H12F6O3/c1-8(2)7(20)4-9(21-8)6(5-19)3-10(13,14)12(17,18)11(9,15)16/h3,19H,4-5H2,1-2H3. The van der Waals surface area contributed by atoms with Gasteiger partial charge in [-0.2, -0.15) is 26.3 Å². The lowest BCUT2D eigenvalue weighted by atomic mass is 9.74. The van der Waals surface area contributed by atoms with Gasteiger partial charge in [0.05, 0.1) is 6.61 Å². The van der Waals surface area contributed by atoms with Gasteiger partial charge in [0.1, 0.15) is 5.60 Å². The van der Waals surface area contributed by atoms with Crippen molar-refractivity contribution < 1.29 is 41.0 Å². The van der Waals surface area contributed by atoms with Crippen molar-refractivity contribution in [2.75, 3.05) is 6.61 Å². The maximum atomic E-state index is 14.1. The molecule has 0 saturated carbocycles. The van der Waals surface area contributed by atoms with E-state index < -0.39 is 59.4 Å². The van der Waals surface area contributed by atoms with Gasteiger partial charge in [-0.3, -0.25) is 4.79 Å². The lowest BCUT2D eigenvalue weighted by Gasteiger charge is -2.47. The number of Topliss-reactive ketones (excluding diaryl/α,β-unsaturated/α-hetero) is 1. The average molecular weight is 318 g/mol. The third-order valence-electron chi connectivity index (χ3n) is 3.88. The number of ether oxygens (including phenoxy) is 1. The zero-order valence-electron chi connectivity index (χ0n) is 11.0. The largest absolute Gasteiger partial charge is 0.392 e. The van der Waals surface area contributed by atoms with Crippen LogP contribution in [0.15, 0.2) is 11.6 Å². The minimum absolute atomic E-state index is 0.431. The van der Waals surface area contributed by atoms with E-state index in [1.165, 1.54) is 0 Å². The minimum atomic E-state index is -5.75. The van der Waals surface area contributed by atoms with Crippen molar-refractivity contribution in [2.45, 2.75) is 49.2 Å². The molecular weight excluding hydrogens is 306 g/mol. The first-order chi connectivity index (χ1) is 9.25. The summed E-state index contributed by atoms with van der Waals surface area (Å²) in [6.07, 6.45) is -1.65. The van der Waals surface area contributed by atoms with Crippen LogP contribution >= 0.6 is 0 Å². The molecule has 1 fully saturated rings. The first kappa shape index (κ1) is 16.3. The number of ketones is 1. The van der Waals surface area contributed by atoms with Crippen LogP contribution in [0.25, 0.3) is 0 Å². The molecule has 9 heteroatoms. The molecule has 1 N–H and O–H groups in total. The highest BCUT2D eigenvalue weighted by Gasteiger charge is 2.84. The van der Waals surface area contributed by atoms with Crippen LogP contribution in [0.2, 0.25) is 0 Å². The summed E-state index contributed by atoms with van der Waals surface area (Å²) in [7, 11) is 0. The molecule has 0 radical (unpaired) electrons. The van der Waals surface area contributed by atoms with Crippen molar-refractivity contribution >= 4 is 5.78 Å². The molecule has 1 saturated heterocycles. The molecule has 0 amide bonds. The maximum absolute atomic E-state index is 14.1. The third-order valence-corrected chi connectivity index (χ3v) is 3.88. The van der Waals surface area contributed by atoms with Crippen LogP contribution in [0.5, 0.6) is 0 Å². The lowest BCUT2D eigenvalue weighted by molar-refractivity contribution is -0.353. The van der Waals surface area contributed by atoms with Gasteiger partial charge in [0.25, 0.3) is 0 Å². The molecule has 120 valence electrons. The fourth-order valence-corrected chi connectivity index (χ4v) is 2.59. The van der Waals surface area contributed by atoms with Crippen LogP contribution < -0.4 is 0 Å². The molecule has 2 rings (SSSR count). The molecule has 1 heterocycles. The Labute approximate surface area is 115 Å². The number of hydrogen-bond donors (Lipinski definition) is 1. The summed E-state index contributed by atoms with van der Waals surface area (Å²) in [5.74, 6) is -17.2. The molecule has 0 bridgehead atoms. The molecule has 1 unspecified atom stereocenters. The van der Waals surface area contributed by atoms with E-state index in [4.69, 9.17) is 9.84 Å². The fourth-order valence-electron chi connectivity index (χ4n) is 2.59. The molecule has 1 atom stereocenters. The Morgan fingerprint density at radius 3 is 2.05 bits per heavy atom. The number of halogens is 6. The summed E-state index contributed by atoms with van der Waals surface area (Å²) in [5, 5.41) is 9.04. The van der Waals surface area contributed by atoms with Gasteiger partial charge in [-0.1, -0.05) is 0 Å². The van der Waals surface area contributed by atoms with E-state index in [2.05, 4.69) is 0 Å². The first-order valence-electron chi connectivity index (χ1n) is 5.95. The summed E-state index contributed by atoms with van der Waals surface area (Å²) in [6, 6.07) is 0. The van der Waals surface area contributed by atoms with E-state index in [-0.39, 0.29) is 0 Å². The first-order valence-corrected chi connectivity index (χ1v) is 5.95. The van der Waals surface area contributed by atoms with Gasteiger partial charge < -0.3 is 9.84 Å². The molecule has 1 aliphatic heterocycles. The SMILES string of the molecule is CC1(C)OC2(CC1=O)C(CO)=CC(F)(F)C(F)(F)C2(F)F. The summed E-state index contributed by atoms with van der Waals surface area (Å²) < 4.78 is 86.7. The summed E-state index contributed by atoms with van der Waals surface area (Å²) in [4.78, 5) is 11.7. The fraction of sp³-hybridized carbons (Fsp3) is 0.750. The Balaban J connectivity index is 2.73. The molecule has 0 aromatic rings. The van der Waals surface area contributed by atoms with Crippen LogP contribution in [0.3, 0.4) is 0 Å². The molecule has 1 spiro atoms. The number of aliphatic hydroxyl groups is 1. The Morgan fingerprint density at radius 2 is 1.67 bits per heavy atom. The van der Waals surface area contributed by atoms with Crippen molar-refractivity contribution in [3.8, 4) is 0 Å². The molecule has 3 nitrogen and oxygen atoms in total. The highest BCUT2D eigenvalue weighted by Crippen LogP contribution is 2.62. The molecule has 0 aromatic heterocycles. The van der Waals surface area contributed by atoms with Crippen molar-refractivity contribution in [1.82, 2.24) is 0 Å². The zero-order valence-corrected chi connectivity index (χ0v) is 11.0. The van der Waals surface area contributed by atoms with Gasteiger partial charge >= 0.3 is 17.8 Å². The van der Waals surface area contributed by atoms with Gasteiger partial charge in [0.15, 0.2) is 11.4 Å². The molecular formula is C12H12F6O3. The van der Waals surface area contributed by atoms with Crippen molar-refractivity contribution in [3.63, 3.8) is 0 Å². The van der Waals surface area contributed by atoms with Gasteiger partial charge in [-0.05, 0) is 25.5 Å². The summed E-state index contributed by atoms with van der Waals surface area (Å²) in [6.45, 7) is 0.782.